The molecule has 306 valence electrons. The van der Waals surface area contributed by atoms with Gasteiger partial charge in [-0.05, 0) is 86.9 Å². The third-order valence-electron chi connectivity index (χ3n) is 10.9. The van der Waals surface area contributed by atoms with E-state index in [1.165, 1.54) is 0 Å². The third-order valence-corrected chi connectivity index (χ3v) is 10.9. The number of nitrogens with zero attached hydrogens (tertiary/aromatic N) is 3. The van der Waals surface area contributed by atoms with Crippen molar-refractivity contribution in [2.24, 2.45) is 0 Å². The quantitative estimate of drug-likeness (QED) is 0.154. The van der Waals surface area contributed by atoms with E-state index < -0.39 is 90.5 Å². The van der Waals surface area contributed by atoms with Crippen molar-refractivity contribution in [2.75, 3.05) is 0 Å². The number of phenols is 1. The summed E-state index contributed by atoms with van der Waals surface area (Å²) in [7, 11) is 0. The summed E-state index contributed by atoms with van der Waals surface area (Å²) in [6, 6.07) is 29.6. The van der Waals surface area contributed by atoms with E-state index in [1.807, 2.05) is 86.0 Å². The molecule has 0 amide bonds. The van der Waals surface area contributed by atoms with E-state index >= 15 is 0 Å². The van der Waals surface area contributed by atoms with Gasteiger partial charge >= 0.3 is 0 Å². The van der Waals surface area contributed by atoms with E-state index in [9.17, 15) is 6.48 Å². The van der Waals surface area contributed by atoms with Crippen molar-refractivity contribution in [3.63, 3.8) is 0 Å². The zero-order valence-corrected chi connectivity index (χ0v) is 36.4. The molecule has 8 rings (SSSR count). The van der Waals surface area contributed by atoms with E-state index in [0.29, 0.717) is 39.1 Å². The summed E-state index contributed by atoms with van der Waals surface area (Å²) in [6.45, 7) is 0.673. The Bertz CT molecular complexity index is 3490. The van der Waals surface area contributed by atoms with E-state index in [1.54, 1.807) is 24.3 Å². The van der Waals surface area contributed by atoms with Crippen LogP contribution in [0.5, 0.6) is 5.75 Å². The molecule has 0 aliphatic carbocycles. The second-order valence-corrected chi connectivity index (χ2v) is 16.4. The second-order valence-electron chi connectivity index (χ2n) is 16.4. The van der Waals surface area contributed by atoms with Gasteiger partial charge in [-0.1, -0.05) is 164 Å². The van der Waals surface area contributed by atoms with Crippen LogP contribution in [0.2, 0.25) is 0 Å². The number of benzene rings is 6. The summed E-state index contributed by atoms with van der Waals surface area (Å²) in [5, 5.41) is 11.5. The van der Waals surface area contributed by atoms with Crippen LogP contribution in [0.1, 0.15) is 107 Å². The van der Waals surface area contributed by atoms with E-state index in [0.717, 1.165) is 28.8 Å². The third kappa shape index (κ3) is 8.28. The molecule has 0 spiro atoms. The van der Waals surface area contributed by atoms with Crippen molar-refractivity contribution >= 4 is 11.0 Å². The molecule has 2 heterocycles. The molecule has 4 nitrogen and oxygen atoms in total. The van der Waals surface area contributed by atoms with Crippen molar-refractivity contribution in [1.29, 1.82) is 0 Å². The largest absolute Gasteiger partial charge is 0.507 e. The summed E-state index contributed by atoms with van der Waals surface area (Å²) in [5.74, 6) is 0.437. The number of phenolic OH excluding ortho intramolecular Hbond substituents is 1. The first-order valence-corrected chi connectivity index (χ1v) is 19.5. The van der Waals surface area contributed by atoms with Crippen LogP contribution in [-0.4, -0.2) is 19.6 Å². The minimum atomic E-state index is -3.92. The molecule has 0 saturated carbocycles. The van der Waals surface area contributed by atoms with Gasteiger partial charge in [0.2, 0.25) is 0 Å². The van der Waals surface area contributed by atoms with Gasteiger partial charge in [-0.3, -0.25) is 9.55 Å². The van der Waals surface area contributed by atoms with Crippen molar-refractivity contribution in [1.82, 2.24) is 14.5 Å². The van der Waals surface area contributed by atoms with Crippen molar-refractivity contribution in [3.05, 3.63) is 168 Å². The van der Waals surface area contributed by atoms with Crippen molar-refractivity contribution < 1.29 is 48.1 Å². The van der Waals surface area contributed by atoms with Crippen LogP contribution >= 0.6 is 0 Å². The zero-order valence-electron chi connectivity index (χ0n) is 50.1. The Hall–Kier alpha value is -5.57. The number of fused-ring (bicyclic) bond motifs is 1. The summed E-state index contributed by atoms with van der Waals surface area (Å²) in [6.07, 6.45) is 0.146. The first-order chi connectivity index (χ1) is 34.8. The second kappa shape index (κ2) is 16.5. The minimum Gasteiger partial charge on any atom is -0.507 e. The van der Waals surface area contributed by atoms with Crippen LogP contribution in [0, 0.1) is 6.07 Å². The molecular formula is C55H54N3OPt-. The minimum absolute atomic E-state index is 0. The van der Waals surface area contributed by atoms with Crippen LogP contribution in [0.3, 0.4) is 0 Å². The van der Waals surface area contributed by atoms with Gasteiger partial charge in [-0.15, -0.1) is 29.3 Å². The molecular weight excluding hydrogens is 914 g/mol. The zero-order chi connectivity index (χ0) is 55.3. The van der Waals surface area contributed by atoms with Gasteiger partial charge < -0.3 is 5.11 Å². The molecule has 0 fully saturated rings. The topological polar surface area (TPSA) is 50.9 Å². The van der Waals surface area contributed by atoms with Crippen molar-refractivity contribution in [3.8, 4) is 67.5 Å². The first kappa shape index (κ1) is 26.6. The fraction of sp³-hybridized carbons (Fsp3) is 0.236. The monoisotopic (exact) mass is 983 g/mol. The first-order valence-electron chi connectivity index (χ1n) is 27.5. The maximum atomic E-state index is 11.5. The van der Waals surface area contributed by atoms with Gasteiger partial charge in [0.25, 0.3) is 0 Å². The average molecular weight is 984 g/mol. The van der Waals surface area contributed by atoms with E-state index in [-0.39, 0.29) is 43.5 Å². The summed E-state index contributed by atoms with van der Waals surface area (Å²) in [5.41, 5.74) is -0.351. The van der Waals surface area contributed by atoms with Gasteiger partial charge in [0.1, 0.15) is 11.6 Å². The van der Waals surface area contributed by atoms with Crippen LogP contribution in [0.4, 0.5) is 0 Å². The van der Waals surface area contributed by atoms with Gasteiger partial charge in [0.15, 0.2) is 0 Å². The summed E-state index contributed by atoms with van der Waals surface area (Å²) < 4.78 is 140. The summed E-state index contributed by atoms with van der Waals surface area (Å²) >= 11 is 0. The fourth-order valence-electron chi connectivity index (χ4n) is 7.08. The number of para-hydroxylation sites is 2. The Morgan fingerprint density at radius 3 is 2.07 bits per heavy atom. The maximum absolute atomic E-state index is 11.5. The van der Waals surface area contributed by atoms with Gasteiger partial charge in [0, 0.05) is 50.8 Å². The Labute approximate surface area is 393 Å². The molecule has 6 aromatic carbocycles. The molecule has 0 radical (unpaired) electrons. The Morgan fingerprint density at radius 1 is 0.667 bits per heavy atom. The number of pyridine rings is 1. The number of rotatable bonds is 8. The van der Waals surface area contributed by atoms with E-state index in [2.05, 4.69) is 50.0 Å². The predicted molar refractivity (Wildman–Crippen MR) is 247 cm³/mol. The van der Waals surface area contributed by atoms with Gasteiger partial charge in [-0.2, -0.15) is 0 Å². The summed E-state index contributed by atoms with van der Waals surface area (Å²) in [4.78, 5) is 9.66. The van der Waals surface area contributed by atoms with Crippen LogP contribution in [0.15, 0.2) is 146 Å². The van der Waals surface area contributed by atoms with Crippen LogP contribution < -0.4 is 0 Å². The molecule has 8 aromatic rings. The number of hydrogen-bond donors (Lipinski definition) is 1. The molecule has 0 unspecified atom stereocenters. The SMILES string of the molecule is [2H]c1nc(-c2[c-]c(-c3cccc4c3nc(-c3ccccc3O)n4-c3ccc(C(C)(C)CC)cc3-c3ccccc3)cc(C(C)(C)C)c2)c([2H])c(-c2c([2H])c([2H])c(C(C([2H])([2H])[2H])(C([2H])([2H])[2H])C([2H])([2H])[2H])c([2H])c2[2H])c1[2H].[Pt]. The molecule has 0 aliphatic rings. The predicted octanol–water partition coefficient (Wildman–Crippen LogP) is 14.5. The maximum Gasteiger partial charge on any atom is 0.148 e. The molecule has 60 heavy (non-hydrogen) atoms. The number of imidazole rings is 1. The number of aromatic hydroxyl groups is 1. The molecule has 1 N–H and O–H groups in total. The number of aromatic nitrogens is 3. The Morgan fingerprint density at radius 2 is 1.37 bits per heavy atom. The Kier molecular flexibility index (Phi) is 7.30. The molecule has 0 aliphatic heterocycles. The molecule has 2 aromatic heterocycles. The molecule has 0 bridgehead atoms. The van der Waals surface area contributed by atoms with Crippen molar-refractivity contribution in [2.45, 2.75) is 84.8 Å². The molecule has 0 saturated heterocycles. The van der Waals surface area contributed by atoms with Crippen LogP contribution in [0.25, 0.3) is 72.7 Å². The smallest absolute Gasteiger partial charge is 0.148 e. The standard InChI is InChI=1S/C55H54N3O.Pt/c1-10-55(8,9)42-27-28-48(46(35-42)37-17-12-11-13-18-37)58-49-21-16-20-44(51(49)57-52(58)45-19-14-15-22-50(45)59)39-31-40(33-43(32-39)54(5,6)7)47-34-38(29-30-56-47)36-23-25-41(26-24-36)53(2,3)4;/h11-30,32-35,59H,10H2,1-9H3;/q-1;/i2D3,3D3,4D3,23D,24D,25D,26D,29D,30D,34D;. The average Bonchev–Trinajstić information content (AvgIpc) is 3.72. The van der Waals surface area contributed by atoms with Gasteiger partial charge in [-0.25, -0.2) is 4.98 Å². The van der Waals surface area contributed by atoms with Crippen LogP contribution in [-0.2, 0) is 37.3 Å². The normalized spacial score (nSPS) is 16.6. The molecule has 5 heteroatoms. The van der Waals surface area contributed by atoms with Gasteiger partial charge in [0.05, 0.1) is 31.9 Å². The van der Waals surface area contributed by atoms with E-state index in [4.69, 9.17) is 25.5 Å². The Balaban J connectivity index is 0.00000840. The number of hydrogen-bond acceptors (Lipinski definition) is 3. The molecule has 0 atom stereocenters. The fourth-order valence-corrected chi connectivity index (χ4v) is 7.08.